The summed E-state index contributed by atoms with van der Waals surface area (Å²) in [5.41, 5.74) is 0.0413. The predicted molar refractivity (Wildman–Crippen MR) is 69.1 cm³/mol. The third-order valence-corrected chi connectivity index (χ3v) is 4.84. The highest BCUT2D eigenvalue weighted by Gasteiger charge is 2.45. The minimum Gasteiger partial charge on any atom is -0.381 e. The van der Waals surface area contributed by atoms with E-state index in [4.69, 9.17) is 9.47 Å². The Labute approximate surface area is 105 Å². The molecule has 0 radical (unpaired) electrons. The molecule has 1 heterocycles. The van der Waals surface area contributed by atoms with E-state index in [-0.39, 0.29) is 5.60 Å². The Balaban J connectivity index is 2.08. The van der Waals surface area contributed by atoms with Crippen LogP contribution in [0.15, 0.2) is 0 Å². The number of hydrogen-bond acceptors (Lipinski definition) is 3. The van der Waals surface area contributed by atoms with E-state index in [2.05, 4.69) is 19.3 Å². The van der Waals surface area contributed by atoms with Crippen molar-refractivity contribution in [3.8, 4) is 0 Å². The SMILES string of the molecule is CNC(C1CCOC1)C1(OC)CCC(C)CC1. The summed E-state index contributed by atoms with van der Waals surface area (Å²) in [5.74, 6) is 1.48. The van der Waals surface area contributed by atoms with Crippen LogP contribution in [-0.4, -0.2) is 39.0 Å². The van der Waals surface area contributed by atoms with Gasteiger partial charge in [-0.15, -0.1) is 0 Å². The molecule has 17 heavy (non-hydrogen) atoms. The van der Waals surface area contributed by atoms with Gasteiger partial charge < -0.3 is 14.8 Å². The third-order valence-electron chi connectivity index (χ3n) is 4.84. The number of nitrogens with one attached hydrogen (secondary N) is 1. The molecular formula is C14H27NO2. The van der Waals surface area contributed by atoms with Crippen LogP contribution in [0.3, 0.4) is 0 Å². The van der Waals surface area contributed by atoms with Gasteiger partial charge in [0.15, 0.2) is 0 Å². The molecule has 2 unspecified atom stereocenters. The smallest absolute Gasteiger partial charge is 0.0834 e. The number of methoxy groups -OCH3 is 1. The highest BCUT2D eigenvalue weighted by Crippen LogP contribution is 2.40. The van der Waals surface area contributed by atoms with Crippen molar-refractivity contribution in [1.82, 2.24) is 5.32 Å². The lowest BCUT2D eigenvalue weighted by Crippen LogP contribution is -2.56. The largest absolute Gasteiger partial charge is 0.381 e. The zero-order valence-corrected chi connectivity index (χ0v) is 11.5. The Morgan fingerprint density at radius 3 is 2.47 bits per heavy atom. The van der Waals surface area contributed by atoms with Crippen LogP contribution in [0, 0.1) is 11.8 Å². The van der Waals surface area contributed by atoms with Crippen molar-refractivity contribution in [3.05, 3.63) is 0 Å². The van der Waals surface area contributed by atoms with Crippen LogP contribution >= 0.6 is 0 Å². The minimum atomic E-state index is 0.0413. The molecule has 0 aromatic carbocycles. The van der Waals surface area contributed by atoms with E-state index in [9.17, 15) is 0 Å². The lowest BCUT2D eigenvalue weighted by Gasteiger charge is -2.46. The van der Waals surface area contributed by atoms with Crippen molar-refractivity contribution in [2.24, 2.45) is 11.8 Å². The molecule has 3 nitrogen and oxygen atoms in total. The first-order valence-electron chi connectivity index (χ1n) is 7.02. The lowest BCUT2D eigenvalue weighted by molar-refractivity contribution is -0.0869. The third kappa shape index (κ3) is 2.67. The topological polar surface area (TPSA) is 30.5 Å². The van der Waals surface area contributed by atoms with Gasteiger partial charge in [-0.25, -0.2) is 0 Å². The molecule has 0 aromatic rings. The van der Waals surface area contributed by atoms with E-state index in [1.165, 1.54) is 32.1 Å². The fourth-order valence-electron chi connectivity index (χ4n) is 3.64. The summed E-state index contributed by atoms with van der Waals surface area (Å²) < 4.78 is 11.5. The monoisotopic (exact) mass is 241 g/mol. The second-order valence-electron chi connectivity index (χ2n) is 5.84. The van der Waals surface area contributed by atoms with Gasteiger partial charge in [0.25, 0.3) is 0 Å². The van der Waals surface area contributed by atoms with Crippen molar-refractivity contribution in [2.45, 2.75) is 50.7 Å². The van der Waals surface area contributed by atoms with Gasteiger partial charge in [-0.1, -0.05) is 6.92 Å². The van der Waals surface area contributed by atoms with Gasteiger partial charge in [0.1, 0.15) is 0 Å². The number of likely N-dealkylation sites (N-methyl/N-ethyl adjacent to an activating group) is 1. The summed E-state index contributed by atoms with van der Waals surface area (Å²) in [6, 6.07) is 0.447. The second kappa shape index (κ2) is 5.68. The van der Waals surface area contributed by atoms with Crippen LogP contribution in [-0.2, 0) is 9.47 Å². The molecule has 1 N–H and O–H groups in total. The van der Waals surface area contributed by atoms with Crippen LogP contribution in [0.2, 0.25) is 0 Å². The maximum atomic E-state index is 5.97. The first-order chi connectivity index (χ1) is 8.22. The average Bonchev–Trinajstić information content (AvgIpc) is 2.86. The number of rotatable bonds is 4. The molecule has 0 bridgehead atoms. The molecule has 2 rings (SSSR count). The van der Waals surface area contributed by atoms with Crippen LogP contribution in [0.4, 0.5) is 0 Å². The maximum absolute atomic E-state index is 5.97. The molecule has 2 fully saturated rings. The fraction of sp³-hybridized carbons (Fsp3) is 1.00. The fourth-order valence-corrected chi connectivity index (χ4v) is 3.64. The van der Waals surface area contributed by atoms with E-state index in [1.54, 1.807) is 0 Å². The molecule has 2 aliphatic rings. The van der Waals surface area contributed by atoms with Gasteiger partial charge in [0, 0.05) is 25.7 Å². The first kappa shape index (κ1) is 13.3. The van der Waals surface area contributed by atoms with Crippen molar-refractivity contribution in [3.63, 3.8) is 0 Å². The normalized spacial score (nSPS) is 40.4. The van der Waals surface area contributed by atoms with Gasteiger partial charge in [-0.3, -0.25) is 0 Å². The summed E-state index contributed by atoms with van der Waals surface area (Å²) in [6.07, 6.45) is 6.13. The molecule has 0 spiro atoms. The molecule has 1 saturated heterocycles. The molecule has 0 aromatic heterocycles. The minimum absolute atomic E-state index is 0.0413. The molecule has 1 aliphatic carbocycles. The number of ether oxygens (including phenoxy) is 2. The van der Waals surface area contributed by atoms with Crippen LogP contribution in [0.25, 0.3) is 0 Å². The molecule has 100 valence electrons. The van der Waals surface area contributed by atoms with Crippen LogP contribution in [0.1, 0.15) is 39.0 Å². The number of hydrogen-bond donors (Lipinski definition) is 1. The summed E-state index contributed by atoms with van der Waals surface area (Å²) in [6.45, 7) is 4.16. The van der Waals surface area contributed by atoms with E-state index >= 15 is 0 Å². The molecule has 2 atom stereocenters. The molecule has 0 amide bonds. The summed E-state index contributed by atoms with van der Waals surface area (Å²) >= 11 is 0. The summed E-state index contributed by atoms with van der Waals surface area (Å²) in [7, 11) is 3.96. The Hall–Kier alpha value is -0.120. The van der Waals surface area contributed by atoms with Crippen LogP contribution in [0.5, 0.6) is 0 Å². The Bertz CT molecular complexity index is 230. The van der Waals surface area contributed by atoms with Gasteiger partial charge in [0.05, 0.1) is 12.2 Å². The van der Waals surface area contributed by atoms with E-state index in [0.29, 0.717) is 12.0 Å². The molecule has 1 saturated carbocycles. The van der Waals surface area contributed by atoms with Crippen molar-refractivity contribution >= 4 is 0 Å². The van der Waals surface area contributed by atoms with Gasteiger partial charge in [0.2, 0.25) is 0 Å². The Kier molecular flexibility index (Phi) is 4.45. The standard InChI is InChI=1S/C14H27NO2/c1-11-4-7-14(16-3,8-5-11)13(15-2)12-6-9-17-10-12/h11-13,15H,4-10H2,1-3H3. The van der Waals surface area contributed by atoms with Crippen LogP contribution < -0.4 is 5.32 Å². The maximum Gasteiger partial charge on any atom is 0.0834 e. The zero-order chi connectivity index (χ0) is 12.3. The average molecular weight is 241 g/mol. The zero-order valence-electron chi connectivity index (χ0n) is 11.5. The quantitative estimate of drug-likeness (QED) is 0.818. The van der Waals surface area contributed by atoms with E-state index < -0.39 is 0 Å². The lowest BCUT2D eigenvalue weighted by atomic mass is 9.71. The Morgan fingerprint density at radius 1 is 1.29 bits per heavy atom. The predicted octanol–water partition coefficient (Wildman–Crippen LogP) is 2.21. The second-order valence-corrected chi connectivity index (χ2v) is 5.84. The van der Waals surface area contributed by atoms with Crippen molar-refractivity contribution < 1.29 is 9.47 Å². The highest BCUT2D eigenvalue weighted by molar-refractivity contribution is 4.99. The summed E-state index contributed by atoms with van der Waals surface area (Å²) in [4.78, 5) is 0. The van der Waals surface area contributed by atoms with Gasteiger partial charge in [-0.2, -0.15) is 0 Å². The molecular weight excluding hydrogens is 214 g/mol. The molecule has 3 heteroatoms. The highest BCUT2D eigenvalue weighted by atomic mass is 16.5. The van der Waals surface area contributed by atoms with Crippen molar-refractivity contribution in [1.29, 1.82) is 0 Å². The summed E-state index contributed by atoms with van der Waals surface area (Å²) in [5, 5.41) is 3.52. The van der Waals surface area contributed by atoms with E-state index in [0.717, 1.165) is 19.1 Å². The van der Waals surface area contributed by atoms with Crippen molar-refractivity contribution in [2.75, 3.05) is 27.4 Å². The van der Waals surface area contributed by atoms with E-state index in [1.807, 2.05) is 7.11 Å². The van der Waals surface area contributed by atoms with Gasteiger partial charge in [-0.05, 0) is 45.1 Å². The van der Waals surface area contributed by atoms with Gasteiger partial charge >= 0.3 is 0 Å². The first-order valence-corrected chi connectivity index (χ1v) is 7.02. The molecule has 1 aliphatic heterocycles. The Morgan fingerprint density at radius 2 is 2.00 bits per heavy atom.